The maximum atomic E-state index is 11.7. The molecule has 0 aliphatic heterocycles. The molecule has 5 heteroatoms. The molecule has 1 N–H and O–H groups in total. The largest absolute Gasteiger partial charge is 0.382 e. The zero-order valence-corrected chi connectivity index (χ0v) is 12.1. The summed E-state index contributed by atoms with van der Waals surface area (Å²) in [6.45, 7) is 2.97. The number of rotatable bonds is 8. The van der Waals surface area contributed by atoms with Crippen molar-refractivity contribution in [3.8, 4) is 0 Å². The molecule has 19 heavy (non-hydrogen) atoms. The van der Waals surface area contributed by atoms with Gasteiger partial charge < -0.3 is 14.8 Å². The highest BCUT2D eigenvalue weighted by Gasteiger charge is 2.12. The number of hydrogen-bond donors (Lipinski definition) is 1. The third kappa shape index (κ3) is 6.05. The van der Waals surface area contributed by atoms with E-state index >= 15 is 0 Å². The molecule has 0 aromatic heterocycles. The summed E-state index contributed by atoms with van der Waals surface area (Å²) in [5.74, 6) is -0.127. The van der Waals surface area contributed by atoms with Crippen LogP contribution in [-0.4, -0.2) is 32.8 Å². The lowest BCUT2D eigenvalue weighted by atomic mass is 10.0. The van der Waals surface area contributed by atoms with E-state index in [-0.39, 0.29) is 18.6 Å². The van der Waals surface area contributed by atoms with Gasteiger partial charge in [-0.25, -0.2) is 0 Å². The molecule has 0 aliphatic carbocycles. The summed E-state index contributed by atoms with van der Waals surface area (Å²) in [7, 11) is 1.59. The van der Waals surface area contributed by atoms with E-state index in [1.165, 1.54) is 0 Å². The van der Waals surface area contributed by atoms with Gasteiger partial charge in [-0.1, -0.05) is 30.7 Å². The van der Waals surface area contributed by atoms with Gasteiger partial charge in [0.15, 0.2) is 0 Å². The number of ether oxygens (including phenoxy) is 2. The van der Waals surface area contributed by atoms with Crippen molar-refractivity contribution in [3.05, 3.63) is 34.9 Å². The smallest absolute Gasteiger partial charge is 0.246 e. The Balaban J connectivity index is 2.43. The summed E-state index contributed by atoms with van der Waals surface area (Å²) in [6, 6.07) is 7.46. The van der Waals surface area contributed by atoms with Crippen molar-refractivity contribution in [3.63, 3.8) is 0 Å². The molecule has 0 saturated carbocycles. The first-order chi connectivity index (χ1) is 9.17. The average Bonchev–Trinajstić information content (AvgIpc) is 2.42. The Hall–Kier alpha value is -1.10. The minimum Gasteiger partial charge on any atom is -0.382 e. The summed E-state index contributed by atoms with van der Waals surface area (Å²) in [5.41, 5.74) is 1.04. The highest BCUT2D eigenvalue weighted by atomic mass is 35.5. The van der Waals surface area contributed by atoms with E-state index in [4.69, 9.17) is 21.1 Å². The van der Waals surface area contributed by atoms with Gasteiger partial charge in [-0.15, -0.1) is 0 Å². The second kappa shape index (κ2) is 8.91. The number of carbonyl (C=O) groups is 1. The number of hydrogen-bond acceptors (Lipinski definition) is 3. The van der Waals surface area contributed by atoms with Crippen molar-refractivity contribution in [2.24, 2.45) is 0 Å². The van der Waals surface area contributed by atoms with Crippen LogP contribution in [0.1, 0.15) is 24.9 Å². The van der Waals surface area contributed by atoms with Crippen molar-refractivity contribution < 1.29 is 14.3 Å². The fraction of sp³-hybridized carbons (Fsp3) is 0.500. The minimum atomic E-state index is -0.127. The molecule has 1 rings (SSSR count). The first kappa shape index (κ1) is 16.0. The molecule has 1 amide bonds. The molecule has 0 radical (unpaired) electrons. The van der Waals surface area contributed by atoms with E-state index < -0.39 is 0 Å². The summed E-state index contributed by atoms with van der Waals surface area (Å²) in [4.78, 5) is 11.7. The van der Waals surface area contributed by atoms with Crippen LogP contribution >= 0.6 is 11.6 Å². The fourth-order valence-electron chi connectivity index (χ4n) is 1.66. The third-order valence-electron chi connectivity index (χ3n) is 2.68. The topological polar surface area (TPSA) is 47.6 Å². The van der Waals surface area contributed by atoms with Crippen LogP contribution < -0.4 is 5.32 Å². The second-order valence-corrected chi connectivity index (χ2v) is 4.56. The lowest BCUT2D eigenvalue weighted by Gasteiger charge is -2.17. The van der Waals surface area contributed by atoms with Gasteiger partial charge in [-0.05, 0) is 24.1 Å². The Morgan fingerprint density at radius 2 is 2.00 bits per heavy atom. The van der Waals surface area contributed by atoms with Crippen molar-refractivity contribution in [1.29, 1.82) is 0 Å². The monoisotopic (exact) mass is 285 g/mol. The number of amides is 1. The zero-order valence-electron chi connectivity index (χ0n) is 11.3. The van der Waals surface area contributed by atoms with E-state index in [1.54, 1.807) is 7.11 Å². The molecule has 0 unspecified atom stereocenters. The van der Waals surface area contributed by atoms with Gasteiger partial charge in [0.2, 0.25) is 5.91 Å². The van der Waals surface area contributed by atoms with Crippen LogP contribution in [0.5, 0.6) is 0 Å². The lowest BCUT2D eigenvalue weighted by molar-refractivity contribution is -0.126. The van der Waals surface area contributed by atoms with Crippen molar-refractivity contribution in [1.82, 2.24) is 5.32 Å². The van der Waals surface area contributed by atoms with Gasteiger partial charge in [-0.3, -0.25) is 4.79 Å². The predicted octanol–water partition coefficient (Wildman–Crippen LogP) is 2.57. The van der Waals surface area contributed by atoms with E-state index in [1.807, 2.05) is 31.2 Å². The van der Waals surface area contributed by atoms with Crippen molar-refractivity contribution in [2.75, 3.05) is 26.9 Å². The van der Waals surface area contributed by atoms with Crippen LogP contribution in [0, 0.1) is 0 Å². The summed E-state index contributed by atoms with van der Waals surface area (Å²) < 4.78 is 10.0. The SMILES string of the molecule is CC[C@H](NC(=O)COCCOC)c1ccc(Cl)cc1. The number of benzene rings is 1. The van der Waals surface area contributed by atoms with E-state index in [2.05, 4.69) is 5.32 Å². The average molecular weight is 286 g/mol. The van der Waals surface area contributed by atoms with E-state index in [0.717, 1.165) is 12.0 Å². The Bertz CT molecular complexity index is 381. The van der Waals surface area contributed by atoms with Crippen LogP contribution in [0.4, 0.5) is 0 Å². The van der Waals surface area contributed by atoms with Crippen molar-refractivity contribution >= 4 is 17.5 Å². The first-order valence-corrected chi connectivity index (χ1v) is 6.66. The molecular formula is C14H20ClNO3. The maximum Gasteiger partial charge on any atom is 0.246 e. The van der Waals surface area contributed by atoms with E-state index in [9.17, 15) is 4.79 Å². The number of carbonyl (C=O) groups excluding carboxylic acids is 1. The van der Waals surface area contributed by atoms with Gasteiger partial charge >= 0.3 is 0 Å². The Morgan fingerprint density at radius 1 is 1.32 bits per heavy atom. The van der Waals surface area contributed by atoms with Gasteiger partial charge in [0.25, 0.3) is 0 Å². The van der Waals surface area contributed by atoms with Crippen LogP contribution in [0.25, 0.3) is 0 Å². The molecule has 1 atom stereocenters. The van der Waals surface area contributed by atoms with Crippen LogP contribution in [0.15, 0.2) is 24.3 Å². The number of halogens is 1. The predicted molar refractivity (Wildman–Crippen MR) is 75.3 cm³/mol. The van der Waals surface area contributed by atoms with E-state index in [0.29, 0.717) is 18.2 Å². The second-order valence-electron chi connectivity index (χ2n) is 4.13. The summed E-state index contributed by atoms with van der Waals surface area (Å²) in [5, 5.41) is 3.62. The summed E-state index contributed by atoms with van der Waals surface area (Å²) >= 11 is 5.84. The molecule has 1 aromatic carbocycles. The Labute approximate surface area is 119 Å². The molecule has 106 valence electrons. The molecule has 0 bridgehead atoms. The van der Waals surface area contributed by atoms with Gasteiger partial charge in [0.05, 0.1) is 19.3 Å². The van der Waals surface area contributed by atoms with Gasteiger partial charge in [0.1, 0.15) is 6.61 Å². The molecule has 1 aromatic rings. The van der Waals surface area contributed by atoms with Gasteiger partial charge in [0, 0.05) is 12.1 Å². The fourth-order valence-corrected chi connectivity index (χ4v) is 1.79. The molecule has 0 saturated heterocycles. The molecule has 4 nitrogen and oxygen atoms in total. The Morgan fingerprint density at radius 3 is 2.58 bits per heavy atom. The van der Waals surface area contributed by atoms with Crippen LogP contribution in [-0.2, 0) is 14.3 Å². The number of methoxy groups -OCH3 is 1. The zero-order chi connectivity index (χ0) is 14.1. The van der Waals surface area contributed by atoms with Gasteiger partial charge in [-0.2, -0.15) is 0 Å². The minimum absolute atomic E-state index is 0.0178. The number of nitrogens with one attached hydrogen (secondary N) is 1. The molecule has 0 aliphatic rings. The Kier molecular flexibility index (Phi) is 7.48. The highest BCUT2D eigenvalue weighted by Crippen LogP contribution is 2.18. The molecule has 0 spiro atoms. The highest BCUT2D eigenvalue weighted by molar-refractivity contribution is 6.30. The van der Waals surface area contributed by atoms with Crippen molar-refractivity contribution in [2.45, 2.75) is 19.4 Å². The van der Waals surface area contributed by atoms with Crippen LogP contribution in [0.3, 0.4) is 0 Å². The van der Waals surface area contributed by atoms with Crippen LogP contribution in [0.2, 0.25) is 5.02 Å². The molecule has 0 fully saturated rings. The lowest BCUT2D eigenvalue weighted by Crippen LogP contribution is -2.31. The third-order valence-corrected chi connectivity index (χ3v) is 2.93. The molecular weight excluding hydrogens is 266 g/mol. The quantitative estimate of drug-likeness (QED) is 0.747. The first-order valence-electron chi connectivity index (χ1n) is 6.29. The maximum absolute atomic E-state index is 11.7. The normalized spacial score (nSPS) is 12.2. The molecule has 0 heterocycles. The standard InChI is InChI=1S/C14H20ClNO3/c1-3-13(11-4-6-12(15)7-5-11)16-14(17)10-19-9-8-18-2/h4-7,13H,3,8-10H2,1-2H3,(H,16,17)/t13-/m0/s1. The summed E-state index contributed by atoms with van der Waals surface area (Å²) in [6.07, 6.45) is 0.811.